The van der Waals surface area contributed by atoms with Gasteiger partial charge in [-0.15, -0.1) is 0 Å². The number of hydrogen-bond acceptors (Lipinski definition) is 5. The lowest BCUT2D eigenvalue weighted by molar-refractivity contribution is -0.141. The summed E-state index contributed by atoms with van der Waals surface area (Å²) >= 11 is 0. The summed E-state index contributed by atoms with van der Waals surface area (Å²) in [5.74, 6) is -2.18. The average Bonchev–Trinajstić information content (AvgIpc) is 2.16. The number of carbonyl (C=O) groups excluding carboxylic acids is 1. The highest BCUT2D eigenvalue weighted by Gasteiger charge is 2.22. The fourth-order valence-electron chi connectivity index (χ4n) is 0.844. The van der Waals surface area contributed by atoms with Crippen molar-refractivity contribution in [2.24, 2.45) is 5.73 Å². The third-order valence-electron chi connectivity index (χ3n) is 1.53. The van der Waals surface area contributed by atoms with Crippen molar-refractivity contribution in [3.8, 4) is 0 Å². The van der Waals surface area contributed by atoms with Gasteiger partial charge < -0.3 is 20.2 Å². The summed E-state index contributed by atoms with van der Waals surface area (Å²) in [4.78, 5) is 21.3. The molecule has 0 aromatic rings. The van der Waals surface area contributed by atoms with Crippen LogP contribution in [-0.4, -0.2) is 38.4 Å². The molecule has 0 saturated heterocycles. The van der Waals surface area contributed by atoms with Crippen LogP contribution in [0.5, 0.6) is 0 Å². The van der Waals surface area contributed by atoms with Gasteiger partial charge in [-0.1, -0.05) is 0 Å². The number of carboxylic acids is 1. The molecule has 0 aliphatic heterocycles. The minimum absolute atomic E-state index is 0.0550. The van der Waals surface area contributed by atoms with Gasteiger partial charge in [0, 0.05) is 6.42 Å². The van der Waals surface area contributed by atoms with E-state index >= 15 is 0 Å². The Kier molecular flexibility index (Phi) is 6.78. The second kappa shape index (κ2) is 7.34. The van der Waals surface area contributed by atoms with Gasteiger partial charge in [-0.25, -0.2) is 0 Å². The molecular formula is C7H13BNO5. The van der Waals surface area contributed by atoms with Gasteiger partial charge in [0.15, 0.2) is 0 Å². The molecule has 79 valence electrons. The van der Waals surface area contributed by atoms with E-state index in [9.17, 15) is 9.59 Å². The van der Waals surface area contributed by atoms with Crippen LogP contribution in [0.15, 0.2) is 0 Å². The highest BCUT2D eigenvalue weighted by Crippen LogP contribution is 2.14. The summed E-state index contributed by atoms with van der Waals surface area (Å²) in [5.41, 5.74) is 5.05. The van der Waals surface area contributed by atoms with Gasteiger partial charge >= 0.3 is 19.4 Å². The lowest BCUT2D eigenvalue weighted by atomic mass is 9.77. The first-order valence-electron chi connectivity index (χ1n) is 4.06. The minimum Gasteiger partial charge on any atom is -0.481 e. The maximum Gasteiger partial charge on any atom is 0.309 e. The Morgan fingerprint density at radius 2 is 2.21 bits per heavy atom. The Hall–Kier alpha value is -1.08. The Labute approximate surface area is 82.6 Å². The standard InChI is InChI=1S/C7H13BNO5/c1-13-7(12)5(8-14-4-9)2-3-6(10)11/h5H,2-4,9H2,1H3,(H,10,11)/t5-/m0/s1. The van der Waals surface area contributed by atoms with Gasteiger partial charge in [-0.05, 0) is 6.42 Å². The Morgan fingerprint density at radius 1 is 1.57 bits per heavy atom. The molecule has 14 heavy (non-hydrogen) atoms. The van der Waals surface area contributed by atoms with Crippen LogP contribution in [-0.2, 0) is 19.0 Å². The van der Waals surface area contributed by atoms with Crippen LogP contribution in [0.1, 0.15) is 12.8 Å². The van der Waals surface area contributed by atoms with E-state index < -0.39 is 17.8 Å². The number of ether oxygens (including phenoxy) is 1. The van der Waals surface area contributed by atoms with E-state index in [0.29, 0.717) is 0 Å². The maximum atomic E-state index is 11.1. The van der Waals surface area contributed by atoms with E-state index in [0.717, 1.165) is 0 Å². The van der Waals surface area contributed by atoms with Crippen molar-refractivity contribution >= 4 is 19.4 Å². The van der Waals surface area contributed by atoms with Crippen LogP contribution in [0.25, 0.3) is 0 Å². The van der Waals surface area contributed by atoms with Crippen molar-refractivity contribution in [1.29, 1.82) is 0 Å². The van der Waals surface area contributed by atoms with Crippen LogP contribution in [0.4, 0.5) is 0 Å². The zero-order valence-electron chi connectivity index (χ0n) is 7.93. The number of nitrogens with two attached hydrogens (primary N) is 1. The first-order chi connectivity index (χ1) is 6.61. The van der Waals surface area contributed by atoms with Crippen LogP contribution in [0, 0.1) is 0 Å². The van der Waals surface area contributed by atoms with Gasteiger partial charge in [0.05, 0.1) is 19.7 Å². The monoisotopic (exact) mass is 202 g/mol. The number of rotatable bonds is 7. The van der Waals surface area contributed by atoms with E-state index in [1.165, 1.54) is 14.6 Å². The molecule has 0 fully saturated rings. The molecule has 0 aromatic carbocycles. The van der Waals surface area contributed by atoms with Crippen molar-refractivity contribution in [2.75, 3.05) is 13.8 Å². The van der Waals surface area contributed by atoms with E-state index in [2.05, 4.69) is 4.74 Å². The molecule has 1 radical (unpaired) electrons. The van der Waals surface area contributed by atoms with Crippen LogP contribution < -0.4 is 5.73 Å². The molecule has 0 aliphatic carbocycles. The molecule has 0 spiro atoms. The number of hydrogen-bond donors (Lipinski definition) is 2. The fraction of sp³-hybridized carbons (Fsp3) is 0.714. The molecule has 1 atom stereocenters. The molecular weight excluding hydrogens is 189 g/mol. The zero-order valence-corrected chi connectivity index (χ0v) is 7.93. The predicted molar refractivity (Wildman–Crippen MR) is 48.5 cm³/mol. The maximum absolute atomic E-state index is 11.1. The summed E-state index contributed by atoms with van der Waals surface area (Å²) in [7, 11) is 2.43. The summed E-state index contributed by atoms with van der Waals surface area (Å²) in [6, 6.07) is 0. The fourth-order valence-corrected chi connectivity index (χ4v) is 0.844. The second-order valence-corrected chi connectivity index (χ2v) is 2.53. The van der Waals surface area contributed by atoms with Crippen LogP contribution in [0.2, 0.25) is 5.82 Å². The molecule has 0 heterocycles. The quantitative estimate of drug-likeness (QED) is 0.323. The summed E-state index contributed by atoms with van der Waals surface area (Å²) < 4.78 is 9.17. The molecule has 7 heteroatoms. The Morgan fingerprint density at radius 3 is 2.64 bits per heavy atom. The number of esters is 1. The van der Waals surface area contributed by atoms with Crippen molar-refractivity contribution in [1.82, 2.24) is 0 Å². The van der Waals surface area contributed by atoms with Crippen LogP contribution in [0.3, 0.4) is 0 Å². The molecule has 0 rings (SSSR count). The number of carbonyl (C=O) groups is 2. The van der Waals surface area contributed by atoms with E-state index in [1.54, 1.807) is 0 Å². The molecule has 0 unspecified atom stereocenters. The highest BCUT2D eigenvalue weighted by molar-refractivity contribution is 6.36. The Bertz CT molecular complexity index is 199. The minimum atomic E-state index is -0.972. The topological polar surface area (TPSA) is 98.9 Å². The molecule has 0 amide bonds. The summed E-state index contributed by atoms with van der Waals surface area (Å²) in [6.45, 7) is -0.0550. The molecule has 0 aliphatic rings. The van der Waals surface area contributed by atoms with Gasteiger partial charge in [0.25, 0.3) is 0 Å². The summed E-state index contributed by atoms with van der Waals surface area (Å²) in [6.07, 6.45) is 0.0200. The second-order valence-electron chi connectivity index (χ2n) is 2.53. The van der Waals surface area contributed by atoms with Crippen molar-refractivity contribution in [2.45, 2.75) is 18.7 Å². The molecule has 0 saturated carbocycles. The smallest absolute Gasteiger partial charge is 0.309 e. The van der Waals surface area contributed by atoms with Crippen LogP contribution >= 0.6 is 0 Å². The predicted octanol–water partition coefficient (Wildman–Crippen LogP) is -0.635. The third kappa shape index (κ3) is 5.55. The number of carboxylic acid groups (broad SMARTS) is 1. The SMILES string of the molecule is COC(=O)[C@@H]([B]OCN)CCC(=O)O. The van der Waals surface area contributed by atoms with E-state index in [1.807, 2.05) is 0 Å². The third-order valence-corrected chi connectivity index (χ3v) is 1.53. The zero-order chi connectivity index (χ0) is 11.0. The average molecular weight is 202 g/mol. The van der Waals surface area contributed by atoms with Crippen molar-refractivity contribution in [3.63, 3.8) is 0 Å². The molecule has 6 nitrogen and oxygen atoms in total. The first kappa shape index (κ1) is 12.9. The van der Waals surface area contributed by atoms with Gasteiger partial charge in [0.1, 0.15) is 0 Å². The highest BCUT2D eigenvalue weighted by atomic mass is 16.5. The molecule has 0 bridgehead atoms. The number of aliphatic carboxylic acids is 1. The van der Waals surface area contributed by atoms with Crippen molar-refractivity contribution < 1.29 is 24.1 Å². The number of methoxy groups -OCH3 is 1. The van der Waals surface area contributed by atoms with Gasteiger partial charge in [-0.3, -0.25) is 9.59 Å². The van der Waals surface area contributed by atoms with Gasteiger partial charge in [0.2, 0.25) is 0 Å². The lowest BCUT2D eigenvalue weighted by Crippen LogP contribution is -2.22. The molecule has 3 N–H and O–H groups in total. The largest absolute Gasteiger partial charge is 0.481 e. The first-order valence-corrected chi connectivity index (χ1v) is 4.06. The van der Waals surface area contributed by atoms with E-state index in [4.69, 9.17) is 15.5 Å². The lowest BCUT2D eigenvalue weighted by Gasteiger charge is -2.10. The Balaban J connectivity index is 3.96. The normalized spacial score (nSPS) is 11.9. The van der Waals surface area contributed by atoms with E-state index in [-0.39, 0.29) is 19.6 Å². The molecule has 0 aromatic heterocycles. The van der Waals surface area contributed by atoms with Gasteiger partial charge in [-0.2, -0.15) is 0 Å². The van der Waals surface area contributed by atoms with Crippen molar-refractivity contribution in [3.05, 3.63) is 0 Å². The summed E-state index contributed by atoms with van der Waals surface area (Å²) in [5, 5.41) is 8.41.